The number of hydrogen-bond donors (Lipinski definition) is 3. The molecule has 0 saturated carbocycles. The molecule has 0 aliphatic rings. The highest BCUT2D eigenvalue weighted by Gasteiger charge is 2.23. The van der Waals surface area contributed by atoms with Gasteiger partial charge in [0.15, 0.2) is 0 Å². The van der Waals surface area contributed by atoms with E-state index < -0.39 is 18.2 Å². The zero-order valence-corrected chi connectivity index (χ0v) is 39.5. The Morgan fingerprint density at radius 2 is 0.951 bits per heavy atom. The number of amides is 1. The molecular weight excluding hydrogens is 755 g/mol. The van der Waals surface area contributed by atoms with Gasteiger partial charge >= 0.3 is 5.97 Å². The van der Waals surface area contributed by atoms with E-state index in [1.54, 1.807) is 6.08 Å². The van der Waals surface area contributed by atoms with Crippen molar-refractivity contribution in [2.45, 2.75) is 232 Å². The van der Waals surface area contributed by atoms with E-state index >= 15 is 0 Å². The molecule has 6 nitrogen and oxygen atoms in total. The number of aliphatic hydroxyl groups excluding tert-OH is 2. The third kappa shape index (κ3) is 43.2. The molecule has 0 aromatic carbocycles. The normalized spacial score (nSPS) is 14.1. The van der Waals surface area contributed by atoms with Crippen molar-refractivity contribution in [3.8, 4) is 0 Å². The monoisotopic (exact) mass is 848 g/mol. The average Bonchev–Trinajstić information content (AvgIpc) is 3.25. The maximum Gasteiger partial charge on any atom is 0.306 e. The smallest absolute Gasteiger partial charge is 0.306 e. The van der Waals surface area contributed by atoms with Gasteiger partial charge in [-0.05, 0) is 83.1 Å². The number of nitrogens with one attached hydrogen (secondary N) is 1. The summed E-state index contributed by atoms with van der Waals surface area (Å²) >= 11 is 0. The van der Waals surface area contributed by atoms with Crippen LogP contribution in [0.2, 0.25) is 0 Å². The second-order valence-corrected chi connectivity index (χ2v) is 16.5. The number of carbonyl (C=O) groups is 2. The highest BCUT2D eigenvalue weighted by atomic mass is 16.5. The van der Waals surface area contributed by atoms with Crippen molar-refractivity contribution < 1.29 is 24.5 Å². The predicted octanol–water partition coefficient (Wildman–Crippen LogP) is 14.9. The fourth-order valence-electron chi connectivity index (χ4n) is 6.89. The minimum Gasteiger partial charge on any atom is -0.458 e. The van der Waals surface area contributed by atoms with Gasteiger partial charge in [0.05, 0.1) is 25.2 Å². The maximum absolute atomic E-state index is 13.1. The van der Waals surface area contributed by atoms with Gasteiger partial charge in [-0.3, -0.25) is 9.59 Å². The summed E-state index contributed by atoms with van der Waals surface area (Å²) in [6.07, 6.45) is 63.5. The summed E-state index contributed by atoms with van der Waals surface area (Å²) in [5, 5.41) is 23.6. The molecule has 0 spiro atoms. The molecule has 0 bridgehead atoms. The Kier molecular flexibility index (Phi) is 45.3. The Labute approximate surface area is 376 Å². The number of unbranched alkanes of at least 4 members (excludes halogenated alkanes) is 18. The van der Waals surface area contributed by atoms with Gasteiger partial charge in [0.25, 0.3) is 0 Å². The zero-order chi connectivity index (χ0) is 44.5. The molecule has 0 aliphatic carbocycles. The molecule has 61 heavy (non-hydrogen) atoms. The van der Waals surface area contributed by atoms with Crippen LogP contribution in [-0.2, 0) is 14.3 Å². The molecule has 0 fully saturated rings. The van der Waals surface area contributed by atoms with Crippen LogP contribution >= 0.6 is 0 Å². The van der Waals surface area contributed by atoms with Crippen molar-refractivity contribution in [2.75, 3.05) is 6.61 Å². The van der Waals surface area contributed by atoms with E-state index in [1.807, 2.05) is 6.08 Å². The van der Waals surface area contributed by atoms with Gasteiger partial charge in [0, 0.05) is 6.42 Å². The van der Waals surface area contributed by atoms with Crippen molar-refractivity contribution >= 4 is 11.9 Å². The third-order valence-corrected chi connectivity index (χ3v) is 10.7. The summed E-state index contributed by atoms with van der Waals surface area (Å²) in [7, 11) is 0. The van der Waals surface area contributed by atoms with Gasteiger partial charge < -0.3 is 20.3 Å². The predicted molar refractivity (Wildman–Crippen MR) is 264 cm³/mol. The topological polar surface area (TPSA) is 95.9 Å². The second-order valence-electron chi connectivity index (χ2n) is 16.5. The molecule has 3 N–H and O–H groups in total. The molecule has 0 aromatic rings. The van der Waals surface area contributed by atoms with Crippen molar-refractivity contribution in [3.63, 3.8) is 0 Å². The van der Waals surface area contributed by atoms with E-state index in [2.05, 4.69) is 111 Å². The van der Waals surface area contributed by atoms with Crippen LogP contribution in [0.4, 0.5) is 0 Å². The van der Waals surface area contributed by atoms with Gasteiger partial charge in [-0.1, -0.05) is 215 Å². The number of allylic oxidation sites excluding steroid dienone is 15. The van der Waals surface area contributed by atoms with Gasteiger partial charge in [-0.15, -0.1) is 0 Å². The number of ether oxygens (including phenoxy) is 1. The molecule has 6 heteroatoms. The van der Waals surface area contributed by atoms with E-state index in [4.69, 9.17) is 4.74 Å². The first-order valence-electron chi connectivity index (χ1n) is 25.0. The SMILES string of the molecule is CC/C=C\C/C=C\C/C=C\C/C=C\C/C=C\C/C=C\C(CC(=O)NC(CO)C(O)CCCCCCCCCCCC)OC(=O)CCCCCCCC/C=C/C=C/CCCCC. The van der Waals surface area contributed by atoms with Crippen LogP contribution in [0.1, 0.15) is 213 Å². The van der Waals surface area contributed by atoms with E-state index in [1.165, 1.54) is 83.5 Å². The van der Waals surface area contributed by atoms with Crippen LogP contribution in [-0.4, -0.2) is 46.9 Å². The summed E-state index contributed by atoms with van der Waals surface area (Å²) in [5.41, 5.74) is 0. The number of esters is 1. The lowest BCUT2D eigenvalue weighted by Gasteiger charge is -2.23. The van der Waals surface area contributed by atoms with Crippen molar-refractivity contribution in [1.29, 1.82) is 0 Å². The Morgan fingerprint density at radius 3 is 1.46 bits per heavy atom. The molecule has 0 aromatic heterocycles. The Hall–Kier alpha value is -3.22. The summed E-state index contributed by atoms with van der Waals surface area (Å²) in [4.78, 5) is 26.0. The molecule has 0 rings (SSSR count). The summed E-state index contributed by atoms with van der Waals surface area (Å²) in [6.45, 7) is 6.27. The number of carbonyl (C=O) groups excluding carboxylic acids is 2. The first-order chi connectivity index (χ1) is 30.0. The molecule has 0 aliphatic heterocycles. The van der Waals surface area contributed by atoms with Crippen LogP contribution in [0, 0.1) is 0 Å². The number of rotatable bonds is 43. The van der Waals surface area contributed by atoms with Gasteiger partial charge in [0.2, 0.25) is 5.91 Å². The first kappa shape index (κ1) is 57.8. The Balaban J connectivity index is 4.83. The van der Waals surface area contributed by atoms with Crippen molar-refractivity contribution in [3.05, 3.63) is 97.2 Å². The van der Waals surface area contributed by atoms with E-state index in [-0.39, 0.29) is 24.9 Å². The zero-order valence-electron chi connectivity index (χ0n) is 39.5. The average molecular weight is 848 g/mol. The first-order valence-corrected chi connectivity index (χ1v) is 25.0. The highest BCUT2D eigenvalue weighted by molar-refractivity contribution is 5.78. The van der Waals surface area contributed by atoms with E-state index in [9.17, 15) is 19.8 Å². The van der Waals surface area contributed by atoms with Crippen molar-refractivity contribution in [1.82, 2.24) is 5.32 Å². The lowest BCUT2D eigenvalue weighted by Crippen LogP contribution is -2.46. The van der Waals surface area contributed by atoms with E-state index in [0.717, 1.165) is 83.5 Å². The van der Waals surface area contributed by atoms with Gasteiger partial charge in [-0.25, -0.2) is 0 Å². The maximum atomic E-state index is 13.1. The lowest BCUT2D eigenvalue weighted by atomic mass is 10.0. The molecule has 348 valence electrons. The summed E-state index contributed by atoms with van der Waals surface area (Å²) in [5.74, 6) is -0.652. The summed E-state index contributed by atoms with van der Waals surface area (Å²) in [6, 6.07) is -0.749. The van der Waals surface area contributed by atoms with Gasteiger partial charge in [-0.2, -0.15) is 0 Å². The number of aliphatic hydroxyl groups is 2. The highest BCUT2D eigenvalue weighted by Crippen LogP contribution is 2.15. The largest absolute Gasteiger partial charge is 0.458 e. The minimum atomic E-state index is -0.825. The molecular formula is C55H93NO5. The molecule has 3 atom stereocenters. The van der Waals surface area contributed by atoms with Crippen LogP contribution in [0.15, 0.2) is 97.2 Å². The molecule has 0 radical (unpaired) electrons. The third-order valence-electron chi connectivity index (χ3n) is 10.7. The van der Waals surface area contributed by atoms with Crippen LogP contribution in [0.25, 0.3) is 0 Å². The molecule has 3 unspecified atom stereocenters. The molecule has 0 heterocycles. The lowest BCUT2D eigenvalue weighted by molar-refractivity contribution is -0.148. The standard InChI is InChI=1S/C55H93NO5/c1-4-7-10-13-16-19-22-24-26-27-29-30-32-34-37-40-43-46-51(61-55(60)48-45-42-39-36-33-31-28-25-23-20-17-14-11-8-5-2)49-54(59)56-52(50-57)53(58)47-44-41-38-35-21-18-15-12-9-6-3/h7,10,16-17,19-20,23-26,29-30,34,37,43,46,51-53,57-58H,4-6,8-9,11-15,18,21-22,27-28,31-33,35-36,38-42,44-45,47-50H2,1-3H3,(H,56,59)/b10-7-,19-16-,20-17+,25-23+,26-24-,30-29-,37-34-,46-43-. The Morgan fingerprint density at radius 1 is 0.525 bits per heavy atom. The van der Waals surface area contributed by atoms with Crippen LogP contribution in [0.3, 0.4) is 0 Å². The molecule has 1 amide bonds. The van der Waals surface area contributed by atoms with Crippen LogP contribution in [0.5, 0.6) is 0 Å². The fourth-order valence-corrected chi connectivity index (χ4v) is 6.89. The Bertz CT molecular complexity index is 1220. The molecule has 0 saturated heterocycles. The minimum absolute atomic E-state index is 0.0571. The quantitative estimate of drug-likeness (QED) is 0.0246. The fraction of sp³-hybridized carbons (Fsp3) is 0.673. The summed E-state index contributed by atoms with van der Waals surface area (Å²) < 4.78 is 5.81. The van der Waals surface area contributed by atoms with E-state index in [0.29, 0.717) is 19.3 Å². The van der Waals surface area contributed by atoms with Gasteiger partial charge in [0.1, 0.15) is 6.10 Å². The van der Waals surface area contributed by atoms with Crippen LogP contribution < -0.4 is 5.32 Å². The van der Waals surface area contributed by atoms with Crippen molar-refractivity contribution in [2.24, 2.45) is 0 Å². The second kappa shape index (κ2) is 47.8. The number of hydrogen-bond acceptors (Lipinski definition) is 5.